The van der Waals surface area contributed by atoms with Crippen molar-refractivity contribution < 1.29 is 5.11 Å². The van der Waals surface area contributed by atoms with E-state index in [1.54, 1.807) is 0 Å². The van der Waals surface area contributed by atoms with Gasteiger partial charge in [0.1, 0.15) is 5.60 Å². The Labute approximate surface area is 79.1 Å². The lowest BCUT2D eigenvalue weighted by Gasteiger charge is -2.17. The smallest absolute Gasteiger partial charge is 0.137 e. The van der Waals surface area contributed by atoms with Crippen molar-refractivity contribution in [3.63, 3.8) is 0 Å². The van der Waals surface area contributed by atoms with Gasteiger partial charge in [0, 0.05) is 25.1 Å². The molecule has 0 amide bonds. The Hall–Kier alpha value is -0.630. The number of hydrogen-bond donors (Lipinski definition) is 1. The van der Waals surface area contributed by atoms with E-state index < -0.39 is 5.60 Å². The monoisotopic (exact) mass is 184 g/mol. The molecular weight excluding hydrogens is 172 g/mol. The van der Waals surface area contributed by atoms with Crippen LogP contribution < -0.4 is 0 Å². The summed E-state index contributed by atoms with van der Waals surface area (Å²) in [6.07, 6.45) is 6.63. The quantitative estimate of drug-likeness (QED) is 0.524. The van der Waals surface area contributed by atoms with Crippen LogP contribution in [0.15, 0.2) is 0 Å². The predicted octanol–water partition coefficient (Wildman–Crippen LogP) is 1.78. The standard InChI is InChI=1S/C10H13ClO/c1-3-5-6-7-10(12,4-2)8-9-11/h2,12H,3,7-9H2,1H3. The highest BCUT2D eigenvalue weighted by Crippen LogP contribution is 2.13. The van der Waals surface area contributed by atoms with Crippen LogP contribution in [-0.2, 0) is 0 Å². The van der Waals surface area contributed by atoms with Crippen LogP contribution in [0.2, 0.25) is 0 Å². The third-order valence-electron chi connectivity index (χ3n) is 1.46. The maximum Gasteiger partial charge on any atom is 0.137 e. The van der Waals surface area contributed by atoms with Crippen LogP contribution >= 0.6 is 11.6 Å². The van der Waals surface area contributed by atoms with Crippen molar-refractivity contribution in [3.05, 3.63) is 0 Å². The van der Waals surface area contributed by atoms with E-state index in [4.69, 9.17) is 18.0 Å². The van der Waals surface area contributed by atoms with Crippen molar-refractivity contribution in [1.82, 2.24) is 0 Å². The maximum atomic E-state index is 9.62. The van der Waals surface area contributed by atoms with Crippen LogP contribution in [0, 0.1) is 24.2 Å². The number of halogens is 1. The Bertz CT molecular complexity index is 218. The largest absolute Gasteiger partial charge is 0.377 e. The van der Waals surface area contributed by atoms with Gasteiger partial charge >= 0.3 is 0 Å². The molecule has 0 bridgehead atoms. The van der Waals surface area contributed by atoms with Gasteiger partial charge in [0.25, 0.3) is 0 Å². The molecule has 0 saturated heterocycles. The Morgan fingerprint density at radius 1 is 1.50 bits per heavy atom. The number of terminal acetylenes is 1. The number of hydrogen-bond acceptors (Lipinski definition) is 1. The molecule has 66 valence electrons. The van der Waals surface area contributed by atoms with Gasteiger partial charge in [-0.15, -0.1) is 23.9 Å². The predicted molar refractivity (Wildman–Crippen MR) is 51.8 cm³/mol. The van der Waals surface area contributed by atoms with Crippen LogP contribution in [0.3, 0.4) is 0 Å². The van der Waals surface area contributed by atoms with Crippen molar-refractivity contribution in [2.24, 2.45) is 0 Å². The highest BCUT2D eigenvalue weighted by molar-refractivity contribution is 6.17. The molecule has 0 aliphatic rings. The van der Waals surface area contributed by atoms with Crippen molar-refractivity contribution in [3.8, 4) is 24.2 Å². The second-order valence-electron chi connectivity index (χ2n) is 2.50. The molecule has 0 aromatic rings. The zero-order valence-corrected chi connectivity index (χ0v) is 7.99. The summed E-state index contributed by atoms with van der Waals surface area (Å²) in [6.45, 7) is 1.95. The normalized spacial score (nSPS) is 13.8. The molecule has 1 nitrogen and oxygen atoms in total. The first-order valence-corrected chi connectivity index (χ1v) is 4.44. The van der Waals surface area contributed by atoms with E-state index in [9.17, 15) is 5.11 Å². The third kappa shape index (κ3) is 4.29. The van der Waals surface area contributed by atoms with E-state index in [0.717, 1.165) is 6.42 Å². The summed E-state index contributed by atoms with van der Waals surface area (Å²) in [6, 6.07) is 0. The van der Waals surface area contributed by atoms with Crippen LogP contribution in [0.4, 0.5) is 0 Å². The highest BCUT2D eigenvalue weighted by Gasteiger charge is 2.21. The highest BCUT2D eigenvalue weighted by atomic mass is 35.5. The molecule has 0 aromatic carbocycles. The maximum absolute atomic E-state index is 9.62. The van der Waals surface area contributed by atoms with Gasteiger partial charge in [0.15, 0.2) is 0 Å². The SMILES string of the molecule is C#CC(O)(CC#CCC)CCCl. The molecule has 0 spiro atoms. The molecular formula is C10H13ClO. The fraction of sp³-hybridized carbons (Fsp3) is 0.600. The van der Waals surface area contributed by atoms with Gasteiger partial charge in [0.05, 0.1) is 0 Å². The van der Waals surface area contributed by atoms with E-state index in [1.807, 2.05) is 6.92 Å². The molecule has 1 unspecified atom stereocenters. The van der Waals surface area contributed by atoms with Gasteiger partial charge in [-0.25, -0.2) is 0 Å². The fourth-order valence-electron chi connectivity index (χ4n) is 0.702. The first-order valence-electron chi connectivity index (χ1n) is 3.90. The molecule has 2 heteroatoms. The topological polar surface area (TPSA) is 20.2 Å². The molecule has 0 aromatic heterocycles. The molecule has 12 heavy (non-hydrogen) atoms. The average molecular weight is 185 g/mol. The Balaban J connectivity index is 4.07. The molecule has 1 atom stereocenters. The molecule has 0 fully saturated rings. The van der Waals surface area contributed by atoms with Crippen molar-refractivity contribution in [2.75, 3.05) is 5.88 Å². The molecule has 0 saturated carbocycles. The summed E-state index contributed by atoms with van der Waals surface area (Å²) >= 11 is 5.47. The first kappa shape index (κ1) is 11.4. The average Bonchev–Trinajstić information content (AvgIpc) is 2.06. The first-order chi connectivity index (χ1) is 5.68. The zero-order valence-electron chi connectivity index (χ0n) is 7.23. The van der Waals surface area contributed by atoms with Crippen LogP contribution in [-0.4, -0.2) is 16.6 Å². The second kappa shape index (κ2) is 5.95. The van der Waals surface area contributed by atoms with E-state index in [1.165, 1.54) is 0 Å². The van der Waals surface area contributed by atoms with E-state index in [2.05, 4.69) is 17.8 Å². The minimum atomic E-state index is -1.13. The fourth-order valence-corrected chi connectivity index (χ4v) is 1.01. The molecule has 0 aliphatic carbocycles. The lowest BCUT2D eigenvalue weighted by Crippen LogP contribution is -2.26. The summed E-state index contributed by atoms with van der Waals surface area (Å²) < 4.78 is 0. The molecule has 0 rings (SSSR count). The van der Waals surface area contributed by atoms with Gasteiger partial charge in [-0.2, -0.15) is 0 Å². The second-order valence-corrected chi connectivity index (χ2v) is 2.88. The van der Waals surface area contributed by atoms with Crippen LogP contribution in [0.25, 0.3) is 0 Å². The lowest BCUT2D eigenvalue weighted by atomic mass is 9.98. The third-order valence-corrected chi connectivity index (χ3v) is 1.65. The Morgan fingerprint density at radius 3 is 2.58 bits per heavy atom. The minimum Gasteiger partial charge on any atom is -0.377 e. The van der Waals surface area contributed by atoms with Gasteiger partial charge in [-0.1, -0.05) is 18.8 Å². The molecule has 0 heterocycles. The molecule has 0 aliphatic heterocycles. The van der Waals surface area contributed by atoms with Crippen molar-refractivity contribution in [2.45, 2.75) is 31.8 Å². The van der Waals surface area contributed by atoms with E-state index in [0.29, 0.717) is 18.7 Å². The van der Waals surface area contributed by atoms with Crippen LogP contribution in [0.5, 0.6) is 0 Å². The van der Waals surface area contributed by atoms with Crippen molar-refractivity contribution in [1.29, 1.82) is 0 Å². The van der Waals surface area contributed by atoms with E-state index >= 15 is 0 Å². The van der Waals surface area contributed by atoms with Gasteiger partial charge in [-0.3, -0.25) is 0 Å². The van der Waals surface area contributed by atoms with E-state index in [-0.39, 0.29) is 0 Å². The van der Waals surface area contributed by atoms with Crippen LogP contribution in [0.1, 0.15) is 26.2 Å². The summed E-state index contributed by atoms with van der Waals surface area (Å²) in [7, 11) is 0. The zero-order chi connectivity index (χ0) is 9.45. The van der Waals surface area contributed by atoms with Gasteiger partial charge < -0.3 is 5.11 Å². The molecule has 0 radical (unpaired) electrons. The summed E-state index contributed by atoms with van der Waals surface area (Å²) in [5.41, 5.74) is -1.13. The summed E-state index contributed by atoms with van der Waals surface area (Å²) in [5.74, 6) is 8.32. The number of rotatable bonds is 3. The summed E-state index contributed by atoms with van der Waals surface area (Å²) in [5, 5.41) is 9.62. The Kier molecular flexibility index (Phi) is 5.64. The Morgan fingerprint density at radius 2 is 2.17 bits per heavy atom. The summed E-state index contributed by atoms with van der Waals surface area (Å²) in [4.78, 5) is 0. The molecule has 1 N–H and O–H groups in total. The van der Waals surface area contributed by atoms with Gasteiger partial charge in [-0.05, 0) is 0 Å². The number of aliphatic hydroxyl groups is 1. The minimum absolute atomic E-state index is 0.310. The van der Waals surface area contributed by atoms with Gasteiger partial charge in [0.2, 0.25) is 0 Å². The number of alkyl halides is 1. The lowest BCUT2D eigenvalue weighted by molar-refractivity contribution is 0.104. The van der Waals surface area contributed by atoms with Crippen molar-refractivity contribution >= 4 is 11.6 Å².